The van der Waals surface area contributed by atoms with Crippen LogP contribution >= 0.6 is 27.3 Å². The van der Waals surface area contributed by atoms with Gasteiger partial charge in [-0.25, -0.2) is 4.79 Å². The highest BCUT2D eigenvalue weighted by Gasteiger charge is 2.16. The molecule has 0 spiro atoms. The summed E-state index contributed by atoms with van der Waals surface area (Å²) in [7, 11) is 0. The highest BCUT2D eigenvalue weighted by atomic mass is 79.9. The Morgan fingerprint density at radius 3 is 2.52 bits per heavy atom. The van der Waals surface area contributed by atoms with Crippen LogP contribution < -0.4 is 11.2 Å². The summed E-state index contributed by atoms with van der Waals surface area (Å²) in [6, 6.07) is 7.51. The quantitative estimate of drug-likeness (QED) is 0.553. The fourth-order valence-corrected chi connectivity index (χ4v) is 3.64. The highest BCUT2D eigenvalue weighted by molar-refractivity contribution is 9.10. The number of hydrogen-bond donors (Lipinski definition) is 3. The van der Waals surface area contributed by atoms with Crippen molar-refractivity contribution in [3.63, 3.8) is 0 Å². The van der Waals surface area contributed by atoms with Crippen LogP contribution in [0.15, 0.2) is 43.7 Å². The first-order valence-corrected chi connectivity index (χ1v) is 9.06. The number of aromatic nitrogens is 2. The van der Waals surface area contributed by atoms with E-state index in [2.05, 4.69) is 20.9 Å². The Kier molecular flexibility index (Phi) is 5.50. The Balaban J connectivity index is 2.15. The molecule has 0 aliphatic heterocycles. The van der Waals surface area contributed by atoms with Crippen molar-refractivity contribution in [1.29, 1.82) is 0 Å². The highest BCUT2D eigenvalue weighted by Crippen LogP contribution is 2.32. The van der Waals surface area contributed by atoms with E-state index < -0.39 is 17.4 Å². The molecule has 0 aliphatic rings. The van der Waals surface area contributed by atoms with Gasteiger partial charge in [0.05, 0.1) is 18.7 Å². The lowest BCUT2D eigenvalue weighted by atomic mass is 10.1. The summed E-state index contributed by atoms with van der Waals surface area (Å²) in [5.41, 5.74) is 1.00. The van der Waals surface area contributed by atoms with E-state index in [0.717, 1.165) is 15.6 Å². The van der Waals surface area contributed by atoms with Gasteiger partial charge in [0, 0.05) is 15.4 Å². The number of rotatable bonds is 6. The summed E-state index contributed by atoms with van der Waals surface area (Å²) in [5, 5.41) is 20.0. The van der Waals surface area contributed by atoms with Crippen LogP contribution in [0.5, 0.6) is 0 Å². The van der Waals surface area contributed by atoms with E-state index in [1.54, 1.807) is 0 Å². The van der Waals surface area contributed by atoms with Crippen molar-refractivity contribution in [2.24, 2.45) is 0 Å². The number of hydrogen-bond acceptors (Lipinski definition) is 6. The Bertz CT molecular complexity index is 988. The van der Waals surface area contributed by atoms with Crippen molar-refractivity contribution in [2.45, 2.75) is 12.8 Å². The van der Waals surface area contributed by atoms with Gasteiger partial charge in [-0.1, -0.05) is 28.1 Å². The number of nitrogens with one attached hydrogen (secondary N) is 1. The predicted molar refractivity (Wildman–Crippen MR) is 98.9 cm³/mol. The van der Waals surface area contributed by atoms with Gasteiger partial charge in [-0.15, -0.1) is 11.3 Å². The van der Waals surface area contributed by atoms with Crippen molar-refractivity contribution >= 4 is 37.5 Å². The minimum absolute atomic E-state index is 0.196. The molecular formula is C16H15BrN2O5S. The zero-order chi connectivity index (χ0) is 18.0. The molecule has 0 atom stereocenters. The first-order chi connectivity index (χ1) is 12.0. The van der Waals surface area contributed by atoms with Gasteiger partial charge in [0.25, 0.3) is 5.56 Å². The maximum absolute atomic E-state index is 12.3. The molecular weight excluding hydrogens is 412 g/mol. The minimum atomic E-state index is -0.802. The molecule has 0 aliphatic carbocycles. The maximum atomic E-state index is 12.3. The predicted octanol–water partition coefficient (Wildman–Crippen LogP) is 1.51. The minimum Gasteiger partial charge on any atom is -0.394 e. The summed E-state index contributed by atoms with van der Waals surface area (Å²) in [5.74, 6) is 0. The smallest absolute Gasteiger partial charge is 0.330 e. The molecule has 3 rings (SSSR count). The molecule has 1 aromatic carbocycles. The lowest BCUT2D eigenvalue weighted by Gasteiger charge is -2.15. The van der Waals surface area contributed by atoms with Gasteiger partial charge in [-0.05, 0) is 17.7 Å². The number of ether oxygens (including phenoxy) is 1. The molecule has 0 radical (unpaired) electrons. The van der Waals surface area contributed by atoms with E-state index in [9.17, 15) is 9.59 Å². The van der Waals surface area contributed by atoms with E-state index in [1.165, 1.54) is 15.9 Å². The van der Waals surface area contributed by atoms with Gasteiger partial charge in [-0.2, -0.15) is 0 Å². The van der Waals surface area contributed by atoms with Gasteiger partial charge < -0.3 is 14.9 Å². The molecule has 2 heterocycles. The summed E-state index contributed by atoms with van der Waals surface area (Å²) in [6.45, 7) is -0.944. The van der Waals surface area contributed by atoms with E-state index >= 15 is 0 Å². The van der Waals surface area contributed by atoms with Crippen molar-refractivity contribution < 1.29 is 14.9 Å². The number of fused-ring (bicyclic) bond motifs is 1. The van der Waals surface area contributed by atoms with Gasteiger partial charge in [-0.3, -0.25) is 14.3 Å². The standard InChI is InChI=1S/C16H15BrN2O5S/c17-10-3-1-9(2-4-10)12-7-25-14-13(12)19(16(23)18-15(14)22)8-24-11(5-20)6-21/h1-4,7,11,20-21H,5-6,8H2,(H,18,22,23). The van der Waals surface area contributed by atoms with Crippen LogP contribution in [-0.4, -0.2) is 39.1 Å². The van der Waals surface area contributed by atoms with Gasteiger partial charge in [0.2, 0.25) is 0 Å². The van der Waals surface area contributed by atoms with Crippen molar-refractivity contribution in [2.75, 3.05) is 13.2 Å². The number of halogens is 1. The largest absolute Gasteiger partial charge is 0.394 e. The molecule has 0 unspecified atom stereocenters. The summed E-state index contributed by atoms with van der Waals surface area (Å²) in [6.07, 6.45) is -0.802. The van der Waals surface area contributed by atoms with Gasteiger partial charge >= 0.3 is 5.69 Å². The average molecular weight is 427 g/mol. The third-order valence-corrected chi connectivity index (χ3v) is 5.21. The molecule has 132 valence electrons. The summed E-state index contributed by atoms with van der Waals surface area (Å²) >= 11 is 4.62. The fourth-order valence-electron chi connectivity index (χ4n) is 2.40. The van der Waals surface area contributed by atoms with Crippen molar-refractivity contribution in [3.05, 3.63) is 55.0 Å². The summed E-state index contributed by atoms with van der Waals surface area (Å²) < 4.78 is 7.99. The first-order valence-electron chi connectivity index (χ1n) is 7.38. The molecule has 0 amide bonds. The van der Waals surface area contributed by atoms with Crippen LogP contribution in [0.1, 0.15) is 0 Å². The number of H-pyrrole nitrogens is 1. The monoisotopic (exact) mass is 426 g/mol. The molecule has 0 saturated heterocycles. The number of aliphatic hydroxyl groups is 2. The second kappa shape index (κ2) is 7.63. The van der Waals surface area contributed by atoms with E-state index in [0.29, 0.717) is 10.2 Å². The van der Waals surface area contributed by atoms with Crippen LogP contribution in [0.3, 0.4) is 0 Å². The zero-order valence-corrected chi connectivity index (χ0v) is 15.3. The van der Waals surface area contributed by atoms with Crippen LogP contribution in [0.25, 0.3) is 21.3 Å². The van der Waals surface area contributed by atoms with Crippen LogP contribution in [0.4, 0.5) is 0 Å². The van der Waals surface area contributed by atoms with Crippen molar-refractivity contribution in [1.82, 2.24) is 9.55 Å². The molecule has 0 fully saturated rings. The Hall–Kier alpha value is -1.78. The summed E-state index contributed by atoms with van der Waals surface area (Å²) in [4.78, 5) is 26.7. The van der Waals surface area contributed by atoms with E-state index in [1.807, 2.05) is 29.6 Å². The third-order valence-electron chi connectivity index (χ3n) is 3.71. The topological polar surface area (TPSA) is 105 Å². The molecule has 25 heavy (non-hydrogen) atoms. The maximum Gasteiger partial charge on any atom is 0.330 e. The molecule has 9 heteroatoms. The molecule has 2 aromatic heterocycles. The average Bonchev–Trinajstić information content (AvgIpc) is 3.04. The van der Waals surface area contributed by atoms with Crippen molar-refractivity contribution in [3.8, 4) is 11.1 Å². The molecule has 0 bridgehead atoms. The lowest BCUT2D eigenvalue weighted by molar-refractivity contribution is -0.0498. The Labute approximate surface area is 154 Å². The third kappa shape index (κ3) is 3.60. The Morgan fingerprint density at radius 2 is 1.88 bits per heavy atom. The fraction of sp³-hybridized carbons (Fsp3) is 0.250. The SMILES string of the molecule is O=c1[nH]c(=O)n(COC(CO)CO)c2c(-c3ccc(Br)cc3)csc12. The van der Waals surface area contributed by atoms with Gasteiger partial charge in [0.15, 0.2) is 0 Å². The number of aliphatic hydroxyl groups excluding tert-OH is 2. The van der Waals surface area contributed by atoms with Crippen LogP contribution in [0, 0.1) is 0 Å². The number of nitrogens with zero attached hydrogens (tertiary/aromatic N) is 1. The lowest BCUT2D eigenvalue weighted by Crippen LogP contribution is -2.33. The van der Waals surface area contributed by atoms with E-state index in [-0.39, 0.29) is 19.9 Å². The Morgan fingerprint density at radius 1 is 1.20 bits per heavy atom. The van der Waals surface area contributed by atoms with Crippen LogP contribution in [0.2, 0.25) is 0 Å². The molecule has 7 nitrogen and oxygen atoms in total. The van der Waals surface area contributed by atoms with E-state index in [4.69, 9.17) is 14.9 Å². The molecule has 3 aromatic rings. The van der Waals surface area contributed by atoms with Crippen LogP contribution in [-0.2, 0) is 11.5 Å². The number of aromatic amines is 1. The molecule has 3 N–H and O–H groups in total. The second-order valence-corrected chi connectivity index (χ2v) is 7.10. The number of benzene rings is 1. The first kappa shape index (κ1) is 18.0. The zero-order valence-electron chi connectivity index (χ0n) is 12.9. The second-order valence-electron chi connectivity index (χ2n) is 5.30. The normalized spacial score (nSPS) is 11.5. The van der Waals surface area contributed by atoms with Gasteiger partial charge in [0.1, 0.15) is 17.5 Å². The molecule has 0 saturated carbocycles. The number of thiophene rings is 1.